The fourth-order valence-corrected chi connectivity index (χ4v) is 4.04. The van der Waals surface area contributed by atoms with Crippen molar-refractivity contribution in [2.24, 2.45) is 0 Å². The number of hydrogen-bond donors (Lipinski definition) is 0. The van der Waals surface area contributed by atoms with E-state index in [4.69, 9.17) is 11.6 Å². The molecule has 1 aromatic carbocycles. The van der Waals surface area contributed by atoms with Crippen molar-refractivity contribution >= 4 is 39.8 Å². The van der Waals surface area contributed by atoms with E-state index in [1.165, 1.54) is 6.33 Å². The van der Waals surface area contributed by atoms with Crippen LogP contribution >= 0.6 is 11.6 Å². The van der Waals surface area contributed by atoms with E-state index in [1.54, 1.807) is 10.7 Å². The molecule has 0 spiro atoms. The molecule has 0 amide bonds. The minimum atomic E-state index is 0.562. The maximum atomic E-state index is 9.65. The van der Waals surface area contributed by atoms with Gasteiger partial charge in [-0.1, -0.05) is 11.6 Å². The summed E-state index contributed by atoms with van der Waals surface area (Å²) in [6.45, 7) is 5.05. The highest BCUT2D eigenvalue weighted by atomic mass is 35.5. The van der Waals surface area contributed by atoms with Crippen LogP contribution in [0.15, 0.2) is 36.8 Å². The van der Waals surface area contributed by atoms with E-state index in [1.807, 2.05) is 31.2 Å². The molecule has 9 heteroatoms. The number of rotatable bonds is 2. The number of nitrogens with zero attached hydrogens (tertiary/aromatic N) is 8. The standard InChI is InChI=1S/C20H17ClN8/c1-13-8-18(29-20(26-13)24-12-25-29)27-4-6-28(7-5-27)19-14(10-22)11-23-17-3-2-15(21)9-16(17)19/h2-3,8-9,11-12H,4-7H2,1H3. The van der Waals surface area contributed by atoms with Gasteiger partial charge in [-0.2, -0.15) is 19.9 Å². The molecule has 0 N–H and O–H groups in total. The summed E-state index contributed by atoms with van der Waals surface area (Å²) in [4.78, 5) is 17.5. The Morgan fingerprint density at radius 3 is 2.66 bits per heavy atom. The first kappa shape index (κ1) is 17.6. The molecule has 3 aromatic heterocycles. The zero-order valence-electron chi connectivity index (χ0n) is 15.7. The Morgan fingerprint density at radius 1 is 1.07 bits per heavy atom. The van der Waals surface area contributed by atoms with Gasteiger partial charge in [0.15, 0.2) is 0 Å². The van der Waals surface area contributed by atoms with Gasteiger partial charge in [0.25, 0.3) is 5.78 Å². The lowest BCUT2D eigenvalue weighted by molar-refractivity contribution is 0.639. The van der Waals surface area contributed by atoms with Crippen molar-refractivity contribution in [3.8, 4) is 6.07 Å². The topological polar surface area (TPSA) is 86.2 Å². The van der Waals surface area contributed by atoms with Crippen LogP contribution in [0, 0.1) is 18.3 Å². The maximum Gasteiger partial charge on any atom is 0.254 e. The summed E-state index contributed by atoms with van der Waals surface area (Å²) in [5.41, 5.74) is 3.20. The van der Waals surface area contributed by atoms with Gasteiger partial charge >= 0.3 is 0 Å². The fourth-order valence-electron chi connectivity index (χ4n) is 3.87. The lowest BCUT2D eigenvalue weighted by Gasteiger charge is -2.37. The molecule has 8 nitrogen and oxygen atoms in total. The highest BCUT2D eigenvalue weighted by Gasteiger charge is 2.24. The molecule has 29 heavy (non-hydrogen) atoms. The van der Waals surface area contributed by atoms with Gasteiger partial charge in [0.1, 0.15) is 18.2 Å². The molecule has 1 fully saturated rings. The molecule has 0 aliphatic carbocycles. The Hall–Kier alpha value is -3.44. The van der Waals surface area contributed by atoms with E-state index in [0.29, 0.717) is 16.4 Å². The van der Waals surface area contributed by atoms with Crippen LogP contribution in [0.4, 0.5) is 11.5 Å². The molecule has 5 rings (SSSR count). The summed E-state index contributed by atoms with van der Waals surface area (Å²) >= 11 is 6.23. The number of hydrogen-bond acceptors (Lipinski definition) is 7. The predicted molar refractivity (Wildman–Crippen MR) is 111 cm³/mol. The van der Waals surface area contributed by atoms with Gasteiger partial charge < -0.3 is 9.80 Å². The zero-order valence-corrected chi connectivity index (χ0v) is 16.5. The first-order valence-corrected chi connectivity index (χ1v) is 9.67. The molecule has 0 bridgehead atoms. The SMILES string of the molecule is Cc1cc(N2CCN(c3c(C#N)cnc4ccc(Cl)cc34)CC2)n2ncnc2n1. The normalized spacial score (nSPS) is 14.5. The third kappa shape index (κ3) is 3.00. The first-order valence-electron chi connectivity index (χ1n) is 9.30. The maximum absolute atomic E-state index is 9.65. The summed E-state index contributed by atoms with van der Waals surface area (Å²) in [5.74, 6) is 1.58. The van der Waals surface area contributed by atoms with Crippen LogP contribution in [-0.2, 0) is 0 Å². The molecule has 0 unspecified atom stereocenters. The van der Waals surface area contributed by atoms with Gasteiger partial charge in [-0.25, -0.2) is 4.98 Å². The molecular formula is C20H17ClN8. The summed E-state index contributed by atoms with van der Waals surface area (Å²) in [5, 5.41) is 15.5. The van der Waals surface area contributed by atoms with E-state index < -0.39 is 0 Å². The summed E-state index contributed by atoms with van der Waals surface area (Å²) in [6, 6.07) is 9.91. The van der Waals surface area contributed by atoms with Gasteiger partial charge in [-0.05, 0) is 25.1 Å². The second kappa shape index (κ2) is 6.87. The number of aryl methyl sites for hydroxylation is 1. The van der Waals surface area contributed by atoms with Crippen molar-refractivity contribution in [2.75, 3.05) is 36.0 Å². The lowest BCUT2D eigenvalue weighted by atomic mass is 10.1. The van der Waals surface area contributed by atoms with Crippen molar-refractivity contribution in [3.63, 3.8) is 0 Å². The minimum Gasteiger partial charge on any atom is -0.366 e. The number of fused-ring (bicyclic) bond motifs is 2. The smallest absolute Gasteiger partial charge is 0.254 e. The van der Waals surface area contributed by atoms with Crippen LogP contribution < -0.4 is 9.80 Å². The van der Waals surface area contributed by atoms with E-state index >= 15 is 0 Å². The van der Waals surface area contributed by atoms with Crippen molar-refractivity contribution in [1.29, 1.82) is 5.26 Å². The fraction of sp³-hybridized carbons (Fsp3) is 0.250. The molecule has 0 radical (unpaired) electrons. The molecule has 1 aliphatic rings. The molecule has 4 aromatic rings. The Kier molecular flexibility index (Phi) is 4.18. The van der Waals surface area contributed by atoms with Crippen molar-refractivity contribution < 1.29 is 0 Å². The molecule has 144 valence electrons. The number of nitriles is 1. The highest BCUT2D eigenvalue weighted by molar-refractivity contribution is 6.31. The van der Waals surface area contributed by atoms with E-state index in [2.05, 4.69) is 35.9 Å². The lowest BCUT2D eigenvalue weighted by Crippen LogP contribution is -2.47. The summed E-state index contributed by atoms with van der Waals surface area (Å²) in [6.07, 6.45) is 3.16. The number of benzene rings is 1. The largest absolute Gasteiger partial charge is 0.366 e. The van der Waals surface area contributed by atoms with Crippen LogP contribution in [0.5, 0.6) is 0 Å². The van der Waals surface area contributed by atoms with Crippen LogP contribution in [-0.4, -0.2) is 50.7 Å². The molecular weight excluding hydrogens is 388 g/mol. The van der Waals surface area contributed by atoms with Gasteiger partial charge in [0, 0.05) is 54.5 Å². The summed E-state index contributed by atoms with van der Waals surface area (Å²) in [7, 11) is 0. The summed E-state index contributed by atoms with van der Waals surface area (Å²) < 4.78 is 1.77. The zero-order chi connectivity index (χ0) is 20.0. The van der Waals surface area contributed by atoms with Gasteiger partial charge in [-0.15, -0.1) is 0 Å². The van der Waals surface area contributed by atoms with Crippen LogP contribution in [0.3, 0.4) is 0 Å². The third-order valence-electron chi connectivity index (χ3n) is 5.20. The average molecular weight is 405 g/mol. The number of aromatic nitrogens is 5. The minimum absolute atomic E-state index is 0.562. The molecule has 0 atom stereocenters. The van der Waals surface area contributed by atoms with Crippen LogP contribution in [0.1, 0.15) is 11.3 Å². The van der Waals surface area contributed by atoms with Crippen molar-refractivity contribution in [3.05, 3.63) is 53.1 Å². The number of pyridine rings is 1. The quantitative estimate of drug-likeness (QED) is 0.507. The second-order valence-corrected chi connectivity index (χ2v) is 7.43. The number of piperazine rings is 1. The van der Waals surface area contributed by atoms with E-state index in [0.717, 1.165) is 54.3 Å². The Bertz CT molecular complexity index is 1270. The van der Waals surface area contributed by atoms with E-state index in [-0.39, 0.29) is 0 Å². The molecule has 4 heterocycles. The number of anilines is 2. The Morgan fingerprint density at radius 2 is 1.86 bits per heavy atom. The third-order valence-corrected chi connectivity index (χ3v) is 5.44. The highest BCUT2D eigenvalue weighted by Crippen LogP contribution is 2.32. The van der Waals surface area contributed by atoms with Crippen LogP contribution in [0.25, 0.3) is 16.7 Å². The molecule has 1 saturated heterocycles. The Labute approximate surface area is 172 Å². The number of halogens is 1. The van der Waals surface area contributed by atoms with Crippen molar-refractivity contribution in [1.82, 2.24) is 24.6 Å². The van der Waals surface area contributed by atoms with Crippen molar-refractivity contribution in [2.45, 2.75) is 6.92 Å². The Balaban J connectivity index is 1.49. The van der Waals surface area contributed by atoms with Gasteiger partial charge in [-0.3, -0.25) is 4.98 Å². The van der Waals surface area contributed by atoms with Crippen LogP contribution in [0.2, 0.25) is 5.02 Å². The average Bonchev–Trinajstić information content (AvgIpc) is 3.20. The first-order chi connectivity index (χ1) is 14.1. The van der Waals surface area contributed by atoms with Gasteiger partial charge in [0.05, 0.1) is 16.8 Å². The van der Waals surface area contributed by atoms with E-state index in [9.17, 15) is 5.26 Å². The monoisotopic (exact) mass is 404 g/mol. The second-order valence-electron chi connectivity index (χ2n) is 7.00. The molecule has 1 aliphatic heterocycles. The molecule has 0 saturated carbocycles. The predicted octanol–water partition coefficient (Wildman–Crippen LogP) is 2.83. The van der Waals surface area contributed by atoms with Gasteiger partial charge in [0.2, 0.25) is 0 Å².